The summed E-state index contributed by atoms with van der Waals surface area (Å²) in [6.07, 6.45) is 4.86. The van der Waals surface area contributed by atoms with E-state index in [4.69, 9.17) is 5.73 Å². The van der Waals surface area contributed by atoms with Crippen molar-refractivity contribution in [2.24, 2.45) is 0 Å². The third kappa shape index (κ3) is 2.55. The van der Waals surface area contributed by atoms with Crippen LogP contribution in [0, 0.1) is 5.82 Å². The molecule has 3 N–H and O–H groups in total. The number of anilines is 3. The average Bonchev–Trinajstić information content (AvgIpc) is 2.42. The fourth-order valence-corrected chi connectivity index (χ4v) is 2.61. The van der Waals surface area contributed by atoms with Crippen LogP contribution in [0.2, 0.25) is 0 Å². The highest BCUT2D eigenvalue weighted by Gasteiger charge is 2.10. The number of fused-ring (bicyclic) bond motifs is 1. The topological polar surface area (TPSA) is 38.0 Å². The maximum atomic E-state index is 13.0. The number of benzene rings is 2. The van der Waals surface area contributed by atoms with Gasteiger partial charge in [-0.05, 0) is 67.1 Å². The van der Waals surface area contributed by atoms with Crippen LogP contribution in [0.3, 0.4) is 0 Å². The monoisotopic (exact) mass is 256 g/mol. The summed E-state index contributed by atoms with van der Waals surface area (Å²) in [5.74, 6) is -0.312. The Labute approximate surface area is 112 Å². The summed E-state index contributed by atoms with van der Waals surface area (Å²) >= 11 is 0. The summed E-state index contributed by atoms with van der Waals surface area (Å²) in [5, 5.41) is 3.26. The Morgan fingerprint density at radius 3 is 2.53 bits per heavy atom. The number of nitrogens with one attached hydrogen (secondary N) is 1. The Kier molecular flexibility index (Phi) is 3.11. The summed E-state index contributed by atoms with van der Waals surface area (Å²) in [6.45, 7) is 0. The fraction of sp³-hybridized carbons (Fsp3) is 0.250. The summed E-state index contributed by atoms with van der Waals surface area (Å²) in [4.78, 5) is 0. The van der Waals surface area contributed by atoms with Gasteiger partial charge in [0.2, 0.25) is 0 Å². The molecule has 3 rings (SSSR count). The minimum atomic E-state index is -0.312. The normalized spacial score (nSPS) is 13.9. The molecule has 0 saturated heterocycles. The van der Waals surface area contributed by atoms with Gasteiger partial charge in [0.25, 0.3) is 0 Å². The van der Waals surface area contributed by atoms with E-state index in [1.54, 1.807) is 6.07 Å². The molecule has 0 aliphatic heterocycles. The van der Waals surface area contributed by atoms with Crippen LogP contribution in [0.5, 0.6) is 0 Å². The molecule has 0 bridgehead atoms. The number of hydrogen-bond donors (Lipinski definition) is 2. The summed E-state index contributed by atoms with van der Waals surface area (Å²) in [6, 6.07) is 10.8. The molecular formula is C16H17FN2. The van der Waals surface area contributed by atoms with Gasteiger partial charge in [0.15, 0.2) is 0 Å². The van der Waals surface area contributed by atoms with Crippen molar-refractivity contribution in [1.82, 2.24) is 0 Å². The van der Waals surface area contributed by atoms with Gasteiger partial charge < -0.3 is 11.1 Å². The van der Waals surface area contributed by atoms with Crippen molar-refractivity contribution < 1.29 is 4.39 Å². The fourth-order valence-electron chi connectivity index (χ4n) is 2.61. The minimum absolute atomic E-state index is 0.312. The van der Waals surface area contributed by atoms with Gasteiger partial charge in [0.05, 0.1) is 11.4 Å². The Bertz CT molecular complexity index is 608. The molecule has 0 amide bonds. The zero-order valence-electron chi connectivity index (χ0n) is 10.7. The van der Waals surface area contributed by atoms with Crippen molar-refractivity contribution in [2.45, 2.75) is 25.7 Å². The largest absolute Gasteiger partial charge is 0.397 e. The molecule has 2 nitrogen and oxygen atoms in total. The Balaban J connectivity index is 1.87. The second kappa shape index (κ2) is 4.92. The van der Waals surface area contributed by atoms with Gasteiger partial charge in [-0.1, -0.05) is 6.07 Å². The van der Waals surface area contributed by atoms with E-state index in [-0.39, 0.29) is 5.82 Å². The third-order valence-electron chi connectivity index (χ3n) is 3.64. The molecule has 0 saturated carbocycles. The van der Waals surface area contributed by atoms with Crippen LogP contribution >= 0.6 is 0 Å². The van der Waals surface area contributed by atoms with E-state index in [0.29, 0.717) is 5.69 Å². The van der Waals surface area contributed by atoms with E-state index >= 15 is 0 Å². The molecule has 0 atom stereocenters. The van der Waals surface area contributed by atoms with Gasteiger partial charge in [-0.2, -0.15) is 0 Å². The lowest BCUT2D eigenvalue weighted by molar-refractivity contribution is 0.628. The van der Waals surface area contributed by atoms with E-state index in [2.05, 4.69) is 23.5 Å². The van der Waals surface area contributed by atoms with Crippen molar-refractivity contribution >= 4 is 17.1 Å². The van der Waals surface area contributed by atoms with Crippen LogP contribution in [-0.4, -0.2) is 0 Å². The molecule has 0 radical (unpaired) electrons. The van der Waals surface area contributed by atoms with E-state index in [1.165, 1.54) is 42.5 Å². The van der Waals surface area contributed by atoms with Gasteiger partial charge >= 0.3 is 0 Å². The highest BCUT2D eigenvalue weighted by atomic mass is 19.1. The lowest BCUT2D eigenvalue weighted by Gasteiger charge is -2.17. The molecule has 3 heteroatoms. The summed E-state index contributed by atoms with van der Waals surface area (Å²) in [5.41, 5.74) is 10.9. The summed E-state index contributed by atoms with van der Waals surface area (Å²) in [7, 11) is 0. The standard InChI is InChI=1S/C16H17FN2/c17-13-6-8-16(15(18)10-13)19-14-7-5-11-3-1-2-4-12(11)9-14/h5-10,19H,1-4,18H2. The number of rotatable bonds is 2. The van der Waals surface area contributed by atoms with Crippen molar-refractivity contribution in [3.05, 3.63) is 53.3 Å². The van der Waals surface area contributed by atoms with Gasteiger partial charge in [-0.15, -0.1) is 0 Å². The highest BCUT2D eigenvalue weighted by molar-refractivity contribution is 5.72. The SMILES string of the molecule is Nc1cc(F)ccc1Nc1ccc2c(c1)CCCC2. The molecule has 0 unspecified atom stereocenters. The van der Waals surface area contributed by atoms with E-state index in [0.717, 1.165) is 17.8 Å². The third-order valence-corrected chi connectivity index (χ3v) is 3.64. The number of nitrogens with two attached hydrogens (primary N) is 1. The first kappa shape index (κ1) is 12.0. The maximum absolute atomic E-state index is 13.0. The first-order valence-electron chi connectivity index (χ1n) is 6.66. The van der Waals surface area contributed by atoms with Crippen LogP contribution in [-0.2, 0) is 12.8 Å². The lowest BCUT2D eigenvalue weighted by Crippen LogP contribution is -2.03. The van der Waals surface area contributed by atoms with Gasteiger partial charge in [0, 0.05) is 5.69 Å². The predicted molar refractivity (Wildman–Crippen MR) is 77.2 cm³/mol. The van der Waals surface area contributed by atoms with Crippen molar-refractivity contribution in [3.8, 4) is 0 Å². The molecule has 98 valence electrons. The van der Waals surface area contributed by atoms with Crippen molar-refractivity contribution in [2.75, 3.05) is 11.1 Å². The molecule has 19 heavy (non-hydrogen) atoms. The van der Waals surface area contributed by atoms with E-state index in [1.807, 2.05) is 0 Å². The number of hydrogen-bond acceptors (Lipinski definition) is 2. The lowest BCUT2D eigenvalue weighted by atomic mass is 9.91. The van der Waals surface area contributed by atoms with Crippen LogP contribution in [0.4, 0.5) is 21.5 Å². The van der Waals surface area contributed by atoms with Crippen LogP contribution in [0.1, 0.15) is 24.0 Å². The molecule has 1 aliphatic rings. The van der Waals surface area contributed by atoms with Crippen molar-refractivity contribution in [3.63, 3.8) is 0 Å². The smallest absolute Gasteiger partial charge is 0.125 e. The Hall–Kier alpha value is -2.03. The first-order chi connectivity index (χ1) is 9.22. The van der Waals surface area contributed by atoms with Gasteiger partial charge in [0.1, 0.15) is 5.82 Å². The molecular weight excluding hydrogens is 239 g/mol. The zero-order valence-corrected chi connectivity index (χ0v) is 10.7. The second-order valence-corrected chi connectivity index (χ2v) is 5.05. The molecule has 1 aliphatic carbocycles. The predicted octanol–water partition coefficient (Wildman–Crippen LogP) is 4.03. The number of nitrogen functional groups attached to an aromatic ring is 1. The number of aryl methyl sites for hydroxylation is 2. The molecule has 2 aromatic rings. The second-order valence-electron chi connectivity index (χ2n) is 5.05. The van der Waals surface area contributed by atoms with Crippen molar-refractivity contribution in [1.29, 1.82) is 0 Å². The zero-order chi connectivity index (χ0) is 13.2. The van der Waals surface area contributed by atoms with Gasteiger partial charge in [-0.25, -0.2) is 4.39 Å². The van der Waals surface area contributed by atoms with Crippen LogP contribution < -0.4 is 11.1 Å². The molecule has 2 aromatic carbocycles. The Morgan fingerprint density at radius 1 is 0.947 bits per heavy atom. The highest BCUT2D eigenvalue weighted by Crippen LogP contribution is 2.28. The molecule has 0 aromatic heterocycles. The van der Waals surface area contributed by atoms with Crippen LogP contribution in [0.15, 0.2) is 36.4 Å². The maximum Gasteiger partial charge on any atom is 0.125 e. The van der Waals surface area contributed by atoms with Gasteiger partial charge in [-0.3, -0.25) is 0 Å². The van der Waals surface area contributed by atoms with E-state index in [9.17, 15) is 4.39 Å². The average molecular weight is 256 g/mol. The van der Waals surface area contributed by atoms with Crippen LogP contribution in [0.25, 0.3) is 0 Å². The number of halogens is 1. The molecule has 0 spiro atoms. The molecule has 0 fully saturated rings. The Morgan fingerprint density at radius 2 is 1.74 bits per heavy atom. The minimum Gasteiger partial charge on any atom is -0.397 e. The summed E-state index contributed by atoms with van der Waals surface area (Å²) < 4.78 is 13.0. The van der Waals surface area contributed by atoms with E-state index < -0.39 is 0 Å². The first-order valence-corrected chi connectivity index (χ1v) is 6.66. The quantitative estimate of drug-likeness (QED) is 0.796. The molecule has 0 heterocycles.